The Hall–Kier alpha value is -2.21. The monoisotopic (exact) mass is 303 g/mol. The van der Waals surface area contributed by atoms with Crippen molar-refractivity contribution < 1.29 is 4.39 Å². The molecule has 3 rings (SSSR count). The Balaban J connectivity index is 1.69. The summed E-state index contributed by atoms with van der Waals surface area (Å²) in [4.78, 5) is 28.5. The molecule has 0 spiro atoms. The number of nitrogens with one attached hydrogen (secondary N) is 1. The molecule has 0 bridgehead atoms. The van der Waals surface area contributed by atoms with Crippen LogP contribution in [0.2, 0.25) is 0 Å². The number of rotatable bonds is 4. The first-order valence-corrected chi connectivity index (χ1v) is 7.35. The second kappa shape index (κ2) is 5.88. The van der Waals surface area contributed by atoms with Crippen LogP contribution in [0.1, 0.15) is 23.7 Å². The van der Waals surface area contributed by atoms with Crippen molar-refractivity contribution in [2.75, 3.05) is 13.1 Å². The minimum atomic E-state index is -0.371. The zero-order valence-corrected chi connectivity index (χ0v) is 12.4. The number of aromatic amines is 1. The molecule has 116 valence electrons. The molecule has 6 heteroatoms. The molecule has 1 aliphatic heterocycles. The summed E-state index contributed by atoms with van der Waals surface area (Å²) in [6.45, 7) is 3.58. The highest BCUT2D eigenvalue weighted by Gasteiger charge is 2.28. The Morgan fingerprint density at radius 2 is 1.95 bits per heavy atom. The predicted molar refractivity (Wildman–Crippen MR) is 81.4 cm³/mol. The minimum Gasteiger partial charge on any atom is -0.311 e. The number of aromatic nitrogens is 2. The van der Waals surface area contributed by atoms with Crippen LogP contribution in [0.4, 0.5) is 4.39 Å². The summed E-state index contributed by atoms with van der Waals surface area (Å²) in [5.41, 5.74) is 0.987. The summed E-state index contributed by atoms with van der Waals surface area (Å²) < 4.78 is 14.2. The smallest absolute Gasteiger partial charge is 0.311 e. The van der Waals surface area contributed by atoms with Gasteiger partial charge in [0.2, 0.25) is 0 Å². The van der Waals surface area contributed by atoms with Crippen LogP contribution >= 0.6 is 0 Å². The highest BCUT2D eigenvalue weighted by molar-refractivity contribution is 5.21. The predicted octanol–water partition coefficient (Wildman–Crippen LogP) is 1.43. The lowest BCUT2D eigenvalue weighted by atomic mass is 9.95. The molecule has 1 aromatic heterocycles. The second-order valence-corrected chi connectivity index (χ2v) is 5.64. The number of likely N-dealkylation sites (tertiary alicyclic amines) is 1. The molecule has 1 fully saturated rings. The van der Waals surface area contributed by atoms with E-state index >= 15 is 0 Å². The quantitative estimate of drug-likeness (QED) is 0.929. The molecule has 2 heterocycles. The molecule has 22 heavy (non-hydrogen) atoms. The van der Waals surface area contributed by atoms with Gasteiger partial charge in [-0.15, -0.1) is 0 Å². The van der Waals surface area contributed by atoms with Gasteiger partial charge in [0.15, 0.2) is 0 Å². The van der Waals surface area contributed by atoms with Gasteiger partial charge in [-0.25, -0.2) is 9.18 Å². The molecule has 0 amide bonds. The van der Waals surface area contributed by atoms with Gasteiger partial charge in [-0.3, -0.25) is 14.3 Å². The molecular formula is C16H18FN3O2. The van der Waals surface area contributed by atoms with E-state index in [1.807, 2.05) is 0 Å². The van der Waals surface area contributed by atoms with Gasteiger partial charge in [-0.05, 0) is 31.0 Å². The molecule has 0 saturated carbocycles. The van der Waals surface area contributed by atoms with Crippen molar-refractivity contribution in [1.29, 1.82) is 0 Å². The van der Waals surface area contributed by atoms with Crippen molar-refractivity contribution >= 4 is 0 Å². The van der Waals surface area contributed by atoms with Gasteiger partial charge in [0.25, 0.3) is 5.56 Å². The molecule has 1 aliphatic rings. The molecule has 0 radical (unpaired) electrons. The third-order valence-corrected chi connectivity index (χ3v) is 4.15. The third-order valence-electron chi connectivity index (χ3n) is 4.15. The number of benzene rings is 1. The van der Waals surface area contributed by atoms with E-state index in [0.29, 0.717) is 18.8 Å². The number of H-pyrrole nitrogens is 1. The second-order valence-electron chi connectivity index (χ2n) is 5.64. The first-order valence-electron chi connectivity index (χ1n) is 7.35. The van der Waals surface area contributed by atoms with Crippen molar-refractivity contribution in [3.63, 3.8) is 0 Å². The Morgan fingerprint density at radius 3 is 2.55 bits per heavy atom. The summed E-state index contributed by atoms with van der Waals surface area (Å²) in [7, 11) is 0. The number of hydrogen-bond donors (Lipinski definition) is 1. The summed E-state index contributed by atoms with van der Waals surface area (Å²) in [6.07, 6.45) is 1.00. The van der Waals surface area contributed by atoms with Crippen molar-refractivity contribution in [2.24, 2.45) is 0 Å². The number of aryl methyl sites for hydroxylation is 1. The van der Waals surface area contributed by atoms with Crippen LogP contribution in [0.15, 0.2) is 39.9 Å². The van der Waals surface area contributed by atoms with Gasteiger partial charge in [-0.1, -0.05) is 12.1 Å². The maximum atomic E-state index is 13.0. The third kappa shape index (κ3) is 2.87. The molecule has 1 saturated heterocycles. The Morgan fingerprint density at radius 1 is 1.23 bits per heavy atom. The normalized spacial score (nSPS) is 18.2. The topological polar surface area (TPSA) is 58.1 Å². The van der Waals surface area contributed by atoms with Crippen LogP contribution in [0.3, 0.4) is 0 Å². The van der Waals surface area contributed by atoms with Crippen molar-refractivity contribution in [3.8, 4) is 0 Å². The summed E-state index contributed by atoms with van der Waals surface area (Å²) in [5.74, 6) is -0.243. The first kappa shape index (κ1) is 14.7. The largest absolute Gasteiger partial charge is 0.328 e. The average molecular weight is 303 g/mol. The molecule has 1 N–H and O–H groups in total. The van der Waals surface area contributed by atoms with Crippen LogP contribution in [0, 0.1) is 12.7 Å². The zero-order valence-electron chi connectivity index (χ0n) is 12.4. The molecule has 1 aromatic carbocycles. The maximum Gasteiger partial charge on any atom is 0.328 e. The number of nitrogens with zero attached hydrogens (tertiary/aromatic N) is 2. The fourth-order valence-electron chi connectivity index (χ4n) is 2.85. The van der Waals surface area contributed by atoms with Gasteiger partial charge in [0.1, 0.15) is 5.82 Å². The van der Waals surface area contributed by atoms with E-state index in [0.717, 1.165) is 18.5 Å². The van der Waals surface area contributed by atoms with Gasteiger partial charge in [-0.2, -0.15) is 0 Å². The highest BCUT2D eigenvalue weighted by atomic mass is 19.1. The molecule has 1 atom stereocenters. The van der Waals surface area contributed by atoms with E-state index in [1.54, 1.807) is 19.1 Å². The maximum absolute atomic E-state index is 13.0. The fourth-order valence-corrected chi connectivity index (χ4v) is 2.85. The molecule has 0 unspecified atom stereocenters. The van der Waals surface area contributed by atoms with Crippen LogP contribution < -0.4 is 11.2 Å². The lowest BCUT2D eigenvalue weighted by molar-refractivity contribution is 0.0854. The molecule has 0 aliphatic carbocycles. The van der Waals surface area contributed by atoms with Crippen LogP contribution in [0.5, 0.6) is 0 Å². The van der Waals surface area contributed by atoms with Crippen LogP contribution in [-0.4, -0.2) is 27.5 Å². The van der Waals surface area contributed by atoms with Gasteiger partial charge in [0, 0.05) is 37.4 Å². The van der Waals surface area contributed by atoms with E-state index in [1.165, 1.54) is 22.8 Å². The van der Waals surface area contributed by atoms with Crippen molar-refractivity contribution in [1.82, 2.24) is 14.5 Å². The van der Waals surface area contributed by atoms with E-state index < -0.39 is 0 Å². The molecular weight excluding hydrogens is 285 g/mol. The van der Waals surface area contributed by atoms with Crippen molar-refractivity contribution in [3.05, 3.63) is 68.2 Å². The minimum absolute atomic E-state index is 0.237. The van der Waals surface area contributed by atoms with Gasteiger partial charge >= 0.3 is 5.69 Å². The van der Waals surface area contributed by atoms with Gasteiger partial charge in [0.05, 0.1) is 0 Å². The van der Waals surface area contributed by atoms with E-state index in [4.69, 9.17) is 0 Å². The summed E-state index contributed by atoms with van der Waals surface area (Å²) >= 11 is 0. The lowest BCUT2D eigenvalue weighted by Crippen LogP contribution is -2.45. The SMILES string of the molecule is Cc1cc(=O)n(CCN2CC[C@H]2c2ccc(F)cc2)c(=O)[nH]1. The highest BCUT2D eigenvalue weighted by Crippen LogP contribution is 2.32. The summed E-state index contributed by atoms with van der Waals surface area (Å²) in [5, 5.41) is 0. The van der Waals surface area contributed by atoms with E-state index in [-0.39, 0.29) is 23.1 Å². The van der Waals surface area contributed by atoms with Crippen molar-refractivity contribution in [2.45, 2.75) is 25.9 Å². The average Bonchev–Trinajstić information content (AvgIpc) is 2.43. The molecule has 5 nitrogen and oxygen atoms in total. The number of halogens is 1. The lowest BCUT2D eigenvalue weighted by Gasteiger charge is -2.41. The number of hydrogen-bond acceptors (Lipinski definition) is 3. The Kier molecular flexibility index (Phi) is 3.94. The molecule has 2 aromatic rings. The standard InChI is InChI=1S/C16H18FN3O2/c1-11-10-15(21)20(16(22)18-11)9-8-19-7-6-14(19)12-2-4-13(17)5-3-12/h2-5,10,14H,6-9H2,1H3,(H,18,22)/t14-/m0/s1. The van der Waals surface area contributed by atoms with E-state index in [9.17, 15) is 14.0 Å². The van der Waals surface area contributed by atoms with Crippen LogP contribution in [-0.2, 0) is 6.54 Å². The fraction of sp³-hybridized carbons (Fsp3) is 0.375. The van der Waals surface area contributed by atoms with E-state index in [2.05, 4.69) is 9.88 Å². The zero-order chi connectivity index (χ0) is 15.7. The first-order chi connectivity index (χ1) is 10.5. The van der Waals surface area contributed by atoms with Crippen LogP contribution in [0.25, 0.3) is 0 Å². The Bertz CT molecular complexity index is 748. The Labute approximate surface area is 127 Å². The van der Waals surface area contributed by atoms with Gasteiger partial charge < -0.3 is 4.98 Å². The summed E-state index contributed by atoms with van der Waals surface area (Å²) in [6, 6.07) is 8.16.